The number of nitrogen functional groups attached to an aromatic ring is 1. The fraction of sp³-hybridized carbons (Fsp3) is 0.568. The molecule has 2 aromatic carbocycles. The third-order valence-electron chi connectivity index (χ3n) is 8.14. The zero-order chi connectivity index (χ0) is 38.6. The largest absolute Gasteiger partial charge is 0.496 e. The van der Waals surface area contributed by atoms with E-state index in [4.69, 9.17) is 19.4 Å². The number of rotatable bonds is 15. The van der Waals surface area contributed by atoms with E-state index >= 15 is 0 Å². The fourth-order valence-electron chi connectivity index (χ4n) is 5.77. The second-order valence-electron chi connectivity index (χ2n) is 14.8. The molecule has 3 aromatic rings. The maximum Gasteiger partial charge on any atom is 0.401 e. The van der Waals surface area contributed by atoms with Gasteiger partial charge in [-0.3, -0.25) is 4.90 Å². The molecule has 51 heavy (non-hydrogen) atoms. The lowest BCUT2D eigenvalue weighted by molar-refractivity contribution is -0.191. The van der Waals surface area contributed by atoms with Crippen LogP contribution >= 0.6 is 0 Å². The van der Waals surface area contributed by atoms with Gasteiger partial charge in [0.1, 0.15) is 10.6 Å². The lowest BCUT2D eigenvalue weighted by Gasteiger charge is -2.30. The van der Waals surface area contributed by atoms with Crippen molar-refractivity contribution in [3.63, 3.8) is 0 Å². The van der Waals surface area contributed by atoms with Crippen LogP contribution in [-0.2, 0) is 27.8 Å². The molecule has 14 heteroatoms. The minimum Gasteiger partial charge on any atom is -0.496 e. The monoisotopic (exact) mass is 738 g/mol. The van der Waals surface area contributed by atoms with Crippen LogP contribution in [0.3, 0.4) is 0 Å². The number of anilines is 1. The van der Waals surface area contributed by atoms with Crippen LogP contribution in [0.15, 0.2) is 35.2 Å². The summed E-state index contributed by atoms with van der Waals surface area (Å²) in [6.45, 7) is 16.8. The number of nitrogens with two attached hydrogens (primary N) is 1. The zero-order valence-electron chi connectivity index (χ0n) is 31.5. The summed E-state index contributed by atoms with van der Waals surface area (Å²) in [5.74, 6) is -0.144. The molecule has 0 radical (unpaired) electrons. The first-order chi connectivity index (χ1) is 23.4. The number of aliphatic hydroxyl groups is 1. The lowest BCUT2D eigenvalue weighted by atomic mass is 9.89. The van der Waals surface area contributed by atoms with Crippen LogP contribution in [0.25, 0.3) is 0 Å². The van der Waals surface area contributed by atoms with Crippen molar-refractivity contribution in [2.24, 2.45) is 0 Å². The first-order valence-corrected chi connectivity index (χ1v) is 18.4. The number of alkyl halides is 3. The molecule has 3 N–H and O–H groups in total. The van der Waals surface area contributed by atoms with Crippen LogP contribution in [0.5, 0.6) is 11.6 Å². The van der Waals surface area contributed by atoms with Crippen molar-refractivity contribution in [2.45, 2.75) is 123 Å². The van der Waals surface area contributed by atoms with E-state index in [0.29, 0.717) is 39.3 Å². The van der Waals surface area contributed by atoms with Gasteiger partial charge >= 0.3 is 16.3 Å². The van der Waals surface area contributed by atoms with Crippen LogP contribution in [0.4, 0.5) is 19.1 Å². The molecule has 1 atom stereocenters. The second-order valence-corrected chi connectivity index (χ2v) is 16.3. The number of methoxy groups -OCH3 is 1. The van der Waals surface area contributed by atoms with Crippen molar-refractivity contribution >= 4 is 16.1 Å². The van der Waals surface area contributed by atoms with Gasteiger partial charge in [-0.1, -0.05) is 65.8 Å². The smallest absolute Gasteiger partial charge is 0.401 e. The number of benzene rings is 2. The van der Waals surface area contributed by atoms with Crippen LogP contribution in [-0.4, -0.2) is 66.7 Å². The molecule has 3 rings (SSSR count). The minimum atomic E-state index is -4.52. The van der Waals surface area contributed by atoms with Gasteiger partial charge in [0, 0.05) is 18.5 Å². The highest BCUT2D eigenvalue weighted by Crippen LogP contribution is 2.38. The van der Waals surface area contributed by atoms with E-state index in [1.54, 1.807) is 45.9 Å². The van der Waals surface area contributed by atoms with Crippen LogP contribution in [0, 0.1) is 6.92 Å². The van der Waals surface area contributed by atoms with Crippen molar-refractivity contribution in [1.82, 2.24) is 14.9 Å². The molecular weight excluding hydrogens is 685 g/mol. The van der Waals surface area contributed by atoms with Crippen LogP contribution < -0.4 is 14.7 Å². The quantitative estimate of drug-likeness (QED) is 0.118. The summed E-state index contributed by atoms with van der Waals surface area (Å²) in [5, 5.41) is 10.4. The van der Waals surface area contributed by atoms with E-state index < -0.39 is 34.7 Å². The molecule has 1 heterocycles. The highest BCUT2D eigenvalue weighted by molar-refractivity contribution is 7.87. The molecule has 0 bridgehead atoms. The first kappa shape index (κ1) is 42.0. The number of aliphatic hydroxyl groups excluding tert-OH is 1. The molecule has 1 aromatic heterocycles. The Morgan fingerprint density at radius 3 is 2.02 bits per heavy atom. The van der Waals surface area contributed by atoms with Crippen molar-refractivity contribution in [1.29, 1.82) is 0 Å². The van der Waals surface area contributed by atoms with Gasteiger partial charge < -0.3 is 24.5 Å². The van der Waals surface area contributed by atoms with Crippen molar-refractivity contribution in [3.05, 3.63) is 69.4 Å². The lowest BCUT2D eigenvalue weighted by Crippen LogP contribution is -2.41. The van der Waals surface area contributed by atoms with Crippen molar-refractivity contribution in [3.8, 4) is 11.6 Å². The number of aryl methyl sites for hydroxylation is 1. The summed E-state index contributed by atoms with van der Waals surface area (Å²) >= 11 is 0. The maximum absolute atomic E-state index is 14.2. The Hall–Kier alpha value is -3.46. The number of nitrogens with zero attached hydrogens (tertiary/aromatic N) is 3. The van der Waals surface area contributed by atoms with Gasteiger partial charge in [0.2, 0.25) is 11.8 Å². The highest BCUT2D eigenvalue weighted by atomic mass is 32.2. The van der Waals surface area contributed by atoms with Crippen molar-refractivity contribution < 1.29 is 40.4 Å². The zero-order valence-corrected chi connectivity index (χ0v) is 32.3. The Kier molecular flexibility index (Phi) is 13.6. The van der Waals surface area contributed by atoms with E-state index in [1.807, 2.05) is 39.8 Å². The molecule has 0 amide bonds. The van der Waals surface area contributed by atoms with Crippen LogP contribution in [0.2, 0.25) is 0 Å². The summed E-state index contributed by atoms with van der Waals surface area (Å²) in [5.41, 5.74) is 9.32. The maximum atomic E-state index is 14.2. The molecule has 0 aliphatic heterocycles. The Labute approximate surface area is 300 Å². The van der Waals surface area contributed by atoms with Crippen LogP contribution in [0.1, 0.15) is 119 Å². The molecule has 1 unspecified atom stereocenters. The number of aromatic nitrogens is 2. The van der Waals surface area contributed by atoms with Gasteiger partial charge in [-0.05, 0) is 79.3 Å². The summed E-state index contributed by atoms with van der Waals surface area (Å²) in [6, 6.07) is 8.75. The summed E-state index contributed by atoms with van der Waals surface area (Å²) < 4.78 is 85.8. The number of halogens is 3. The van der Waals surface area contributed by atoms with E-state index in [2.05, 4.69) is 23.8 Å². The molecule has 0 aliphatic rings. The summed E-state index contributed by atoms with van der Waals surface area (Å²) in [6.07, 6.45) is -5.90. The highest BCUT2D eigenvalue weighted by Gasteiger charge is 2.33. The molecule has 10 nitrogen and oxygen atoms in total. The Morgan fingerprint density at radius 1 is 0.941 bits per heavy atom. The van der Waals surface area contributed by atoms with Gasteiger partial charge in [0.25, 0.3) is 0 Å². The normalized spacial score (nSPS) is 13.5. The first-order valence-electron chi connectivity index (χ1n) is 17.0. The average molecular weight is 739 g/mol. The number of hydrogen-bond acceptors (Lipinski definition) is 10. The molecule has 284 valence electrons. The third kappa shape index (κ3) is 11.8. The standard InChI is InChI=1S/C37H53F3N4O6S/c1-21(2)27-16-28(22(3)4)33(29(17-27)23(5)6)51(46,47)50-34-30(24(7)42-35(41)43-34)15-26-13-12-25(14-31(26)48-11)18-44(20-37(38,39)40)19-32(45)49-36(8,9)10/h12-14,16-17,21-23,32,45H,15,18-20H2,1-11H3,(H2,41,42,43). The van der Waals surface area contributed by atoms with Gasteiger partial charge in [-0.2, -0.15) is 26.6 Å². The fourth-order valence-corrected chi connectivity index (χ4v) is 7.37. The number of ether oxygens (including phenoxy) is 2. The average Bonchev–Trinajstić information content (AvgIpc) is 2.96. The van der Waals surface area contributed by atoms with E-state index in [1.165, 1.54) is 7.11 Å². The van der Waals surface area contributed by atoms with Gasteiger partial charge in [-0.25, -0.2) is 4.98 Å². The van der Waals surface area contributed by atoms with Crippen molar-refractivity contribution in [2.75, 3.05) is 25.9 Å². The molecule has 0 fully saturated rings. The molecule has 0 saturated heterocycles. The predicted molar refractivity (Wildman–Crippen MR) is 192 cm³/mol. The molecular formula is C37H53F3N4O6S. The van der Waals surface area contributed by atoms with Gasteiger partial charge in [-0.15, -0.1) is 0 Å². The Balaban J connectivity index is 2.03. The predicted octanol–water partition coefficient (Wildman–Crippen LogP) is 7.60. The molecule has 0 aliphatic carbocycles. The topological polar surface area (TPSA) is 137 Å². The Bertz CT molecular complexity index is 1740. The Morgan fingerprint density at radius 2 is 1.53 bits per heavy atom. The SMILES string of the molecule is COc1cc(CN(CC(O)OC(C)(C)C)CC(F)(F)F)ccc1Cc1c(C)nc(N)nc1OS(=O)(=O)c1c(C(C)C)cc(C(C)C)cc1C(C)C. The van der Waals surface area contributed by atoms with Gasteiger partial charge in [0.05, 0.1) is 31.5 Å². The van der Waals surface area contributed by atoms with E-state index in [9.17, 15) is 26.7 Å². The second kappa shape index (κ2) is 16.5. The van der Waals surface area contributed by atoms with Gasteiger partial charge in [0.15, 0.2) is 6.29 Å². The molecule has 0 spiro atoms. The summed E-state index contributed by atoms with van der Waals surface area (Å²) in [7, 11) is -3.01. The number of hydrogen-bond donors (Lipinski definition) is 2. The summed E-state index contributed by atoms with van der Waals surface area (Å²) in [4.78, 5) is 9.61. The molecule has 0 saturated carbocycles. The minimum absolute atomic E-state index is 0.0607. The third-order valence-corrected chi connectivity index (χ3v) is 9.49. The van der Waals surface area contributed by atoms with E-state index in [-0.39, 0.29) is 54.0 Å². The van der Waals surface area contributed by atoms with E-state index in [0.717, 1.165) is 10.5 Å².